The number of nitrogens with zero attached hydrogens (tertiary/aromatic N) is 2. The van der Waals surface area contributed by atoms with Gasteiger partial charge in [0, 0.05) is 18.0 Å². The summed E-state index contributed by atoms with van der Waals surface area (Å²) in [5.41, 5.74) is 2.21. The molecule has 1 aromatic heterocycles. The van der Waals surface area contributed by atoms with Crippen LogP contribution in [0.5, 0.6) is 5.75 Å². The fourth-order valence-electron chi connectivity index (χ4n) is 2.66. The standard InChI is InChI=1S/C18H27N3O/c1-5-21(6-2)11-7-10-19-18-12-14(3)16-9-8-15(22-4)13-17(16)20-18/h8-9,12-13H,5-7,10-11H2,1-4H3,(H,19,20). The predicted octanol–water partition coefficient (Wildman–Crippen LogP) is 3.70. The van der Waals surface area contributed by atoms with Gasteiger partial charge in [0.25, 0.3) is 0 Å². The highest BCUT2D eigenvalue weighted by molar-refractivity contribution is 5.85. The summed E-state index contributed by atoms with van der Waals surface area (Å²) in [4.78, 5) is 7.13. The Kier molecular flexibility index (Phi) is 6.01. The third-order valence-corrected chi connectivity index (χ3v) is 4.08. The summed E-state index contributed by atoms with van der Waals surface area (Å²) in [7, 11) is 1.68. The highest BCUT2D eigenvalue weighted by Gasteiger charge is 2.04. The summed E-state index contributed by atoms with van der Waals surface area (Å²) in [5, 5.41) is 4.62. The molecule has 0 aliphatic rings. The number of ether oxygens (including phenoxy) is 1. The van der Waals surface area contributed by atoms with Crippen LogP contribution in [0.15, 0.2) is 24.3 Å². The SMILES string of the molecule is CCN(CC)CCCNc1cc(C)c2ccc(OC)cc2n1. The van der Waals surface area contributed by atoms with E-state index in [0.29, 0.717) is 0 Å². The number of benzene rings is 1. The molecular formula is C18H27N3O. The number of methoxy groups -OCH3 is 1. The smallest absolute Gasteiger partial charge is 0.126 e. The Morgan fingerprint density at radius 3 is 2.64 bits per heavy atom. The number of nitrogens with one attached hydrogen (secondary N) is 1. The van der Waals surface area contributed by atoms with Crippen LogP contribution in [0, 0.1) is 6.92 Å². The van der Waals surface area contributed by atoms with Crippen molar-refractivity contribution in [2.45, 2.75) is 27.2 Å². The van der Waals surface area contributed by atoms with Crippen LogP contribution in [0.4, 0.5) is 5.82 Å². The first-order valence-corrected chi connectivity index (χ1v) is 8.09. The van der Waals surface area contributed by atoms with Gasteiger partial charge < -0.3 is 15.0 Å². The largest absolute Gasteiger partial charge is 0.497 e. The zero-order valence-electron chi connectivity index (χ0n) is 14.1. The van der Waals surface area contributed by atoms with E-state index in [4.69, 9.17) is 9.72 Å². The molecule has 0 radical (unpaired) electrons. The predicted molar refractivity (Wildman–Crippen MR) is 93.9 cm³/mol. The van der Waals surface area contributed by atoms with Gasteiger partial charge in [-0.3, -0.25) is 0 Å². The molecule has 0 saturated carbocycles. The average molecular weight is 301 g/mol. The first-order valence-electron chi connectivity index (χ1n) is 8.09. The van der Waals surface area contributed by atoms with Crippen molar-refractivity contribution in [1.29, 1.82) is 0 Å². The second-order valence-electron chi connectivity index (χ2n) is 5.51. The molecule has 1 heterocycles. The van der Waals surface area contributed by atoms with Crippen molar-refractivity contribution < 1.29 is 4.74 Å². The Labute approximate surface area is 133 Å². The van der Waals surface area contributed by atoms with Crippen LogP contribution in [0.2, 0.25) is 0 Å². The molecular weight excluding hydrogens is 274 g/mol. The molecule has 0 amide bonds. The lowest BCUT2D eigenvalue weighted by molar-refractivity contribution is 0.303. The van der Waals surface area contributed by atoms with E-state index in [2.05, 4.69) is 43.1 Å². The van der Waals surface area contributed by atoms with Crippen LogP contribution in [0.3, 0.4) is 0 Å². The fraction of sp³-hybridized carbons (Fsp3) is 0.500. The van der Waals surface area contributed by atoms with E-state index in [1.165, 1.54) is 10.9 Å². The van der Waals surface area contributed by atoms with E-state index in [9.17, 15) is 0 Å². The summed E-state index contributed by atoms with van der Waals surface area (Å²) in [5.74, 6) is 1.79. The summed E-state index contributed by atoms with van der Waals surface area (Å²) in [6, 6.07) is 8.16. The van der Waals surface area contributed by atoms with E-state index < -0.39 is 0 Å². The van der Waals surface area contributed by atoms with Crippen molar-refractivity contribution in [3.8, 4) is 5.75 Å². The summed E-state index contributed by atoms with van der Waals surface area (Å²) >= 11 is 0. The number of aryl methyl sites for hydroxylation is 1. The third kappa shape index (κ3) is 4.10. The minimum atomic E-state index is 0.845. The molecule has 22 heavy (non-hydrogen) atoms. The molecule has 0 fully saturated rings. The topological polar surface area (TPSA) is 37.4 Å². The van der Waals surface area contributed by atoms with Crippen molar-refractivity contribution in [3.63, 3.8) is 0 Å². The van der Waals surface area contributed by atoms with Crippen LogP contribution in [-0.2, 0) is 0 Å². The van der Waals surface area contributed by atoms with Gasteiger partial charge in [0.1, 0.15) is 11.6 Å². The number of fused-ring (bicyclic) bond motifs is 1. The highest BCUT2D eigenvalue weighted by atomic mass is 16.5. The van der Waals surface area contributed by atoms with Gasteiger partial charge in [0.2, 0.25) is 0 Å². The molecule has 0 aliphatic carbocycles. The third-order valence-electron chi connectivity index (χ3n) is 4.08. The van der Waals surface area contributed by atoms with Crippen molar-refractivity contribution in [2.24, 2.45) is 0 Å². The van der Waals surface area contributed by atoms with Gasteiger partial charge in [-0.1, -0.05) is 13.8 Å². The van der Waals surface area contributed by atoms with Gasteiger partial charge in [-0.2, -0.15) is 0 Å². The van der Waals surface area contributed by atoms with Gasteiger partial charge in [-0.05, 0) is 56.7 Å². The monoisotopic (exact) mass is 301 g/mol. The maximum Gasteiger partial charge on any atom is 0.126 e. The van der Waals surface area contributed by atoms with Gasteiger partial charge in [-0.25, -0.2) is 4.98 Å². The molecule has 0 saturated heterocycles. The number of rotatable bonds is 8. The van der Waals surface area contributed by atoms with Gasteiger partial charge in [0.15, 0.2) is 0 Å². The fourth-order valence-corrected chi connectivity index (χ4v) is 2.66. The Morgan fingerprint density at radius 1 is 1.18 bits per heavy atom. The Bertz CT molecular complexity index is 609. The van der Waals surface area contributed by atoms with Crippen molar-refractivity contribution in [1.82, 2.24) is 9.88 Å². The molecule has 2 aromatic rings. The van der Waals surface area contributed by atoms with E-state index >= 15 is 0 Å². The Morgan fingerprint density at radius 2 is 1.95 bits per heavy atom. The van der Waals surface area contributed by atoms with Gasteiger partial charge >= 0.3 is 0 Å². The molecule has 0 bridgehead atoms. The average Bonchev–Trinajstić information content (AvgIpc) is 2.54. The quantitative estimate of drug-likeness (QED) is 0.755. The zero-order chi connectivity index (χ0) is 15.9. The van der Waals surface area contributed by atoms with Crippen molar-refractivity contribution >= 4 is 16.7 Å². The Balaban J connectivity index is 2.02. The van der Waals surface area contributed by atoms with Crippen LogP contribution in [-0.4, -0.2) is 43.2 Å². The molecule has 4 nitrogen and oxygen atoms in total. The first kappa shape index (κ1) is 16.6. The zero-order valence-corrected chi connectivity index (χ0v) is 14.1. The van der Waals surface area contributed by atoms with Gasteiger partial charge in [0.05, 0.1) is 12.6 Å². The first-order chi connectivity index (χ1) is 10.7. The normalized spacial score (nSPS) is 11.1. The van der Waals surface area contributed by atoms with Crippen LogP contribution < -0.4 is 10.1 Å². The summed E-state index contributed by atoms with van der Waals surface area (Å²) in [6.45, 7) is 10.8. The van der Waals surface area contributed by atoms with E-state index in [0.717, 1.165) is 49.7 Å². The summed E-state index contributed by atoms with van der Waals surface area (Å²) in [6.07, 6.45) is 1.12. The molecule has 1 N–H and O–H groups in total. The van der Waals surface area contributed by atoms with Crippen LogP contribution in [0.25, 0.3) is 10.9 Å². The molecule has 1 aromatic carbocycles. The second kappa shape index (κ2) is 7.99. The van der Waals surface area contributed by atoms with Crippen molar-refractivity contribution in [3.05, 3.63) is 29.8 Å². The van der Waals surface area contributed by atoms with Crippen LogP contribution in [0.1, 0.15) is 25.8 Å². The second-order valence-corrected chi connectivity index (χ2v) is 5.51. The molecule has 120 valence electrons. The summed E-state index contributed by atoms with van der Waals surface area (Å²) < 4.78 is 5.29. The molecule has 2 rings (SSSR count). The lowest BCUT2D eigenvalue weighted by Crippen LogP contribution is -2.25. The molecule has 0 atom stereocenters. The molecule has 0 aliphatic heterocycles. The number of hydrogen-bond donors (Lipinski definition) is 1. The molecule has 4 heteroatoms. The van der Waals surface area contributed by atoms with E-state index in [-0.39, 0.29) is 0 Å². The van der Waals surface area contributed by atoms with Crippen LogP contribution >= 0.6 is 0 Å². The maximum absolute atomic E-state index is 5.29. The lowest BCUT2D eigenvalue weighted by Gasteiger charge is -2.18. The maximum atomic E-state index is 5.29. The lowest BCUT2D eigenvalue weighted by atomic mass is 10.1. The van der Waals surface area contributed by atoms with E-state index in [1.807, 2.05) is 12.1 Å². The minimum Gasteiger partial charge on any atom is -0.497 e. The number of anilines is 1. The van der Waals surface area contributed by atoms with Crippen molar-refractivity contribution in [2.75, 3.05) is 38.6 Å². The number of pyridine rings is 1. The molecule has 0 unspecified atom stereocenters. The Hall–Kier alpha value is -1.81. The molecule has 0 spiro atoms. The van der Waals surface area contributed by atoms with Gasteiger partial charge in [-0.15, -0.1) is 0 Å². The highest BCUT2D eigenvalue weighted by Crippen LogP contribution is 2.24. The number of aromatic nitrogens is 1. The minimum absolute atomic E-state index is 0.845. The number of hydrogen-bond acceptors (Lipinski definition) is 4. The van der Waals surface area contributed by atoms with E-state index in [1.54, 1.807) is 7.11 Å².